The van der Waals surface area contributed by atoms with Crippen molar-refractivity contribution >= 4 is 39.1 Å². The van der Waals surface area contributed by atoms with E-state index in [9.17, 15) is 27.6 Å². The molecule has 2 aromatic rings. The number of nitrogens with one attached hydrogen (secondary N) is 2. The summed E-state index contributed by atoms with van der Waals surface area (Å²) >= 11 is 3.14. The Morgan fingerprint density at radius 2 is 1.85 bits per heavy atom. The summed E-state index contributed by atoms with van der Waals surface area (Å²) in [5, 5.41) is 4.40. The van der Waals surface area contributed by atoms with Crippen molar-refractivity contribution in [1.29, 1.82) is 0 Å². The summed E-state index contributed by atoms with van der Waals surface area (Å²) in [6.07, 6.45) is -3.39. The van der Waals surface area contributed by atoms with Crippen LogP contribution in [0.2, 0.25) is 0 Å². The van der Waals surface area contributed by atoms with Gasteiger partial charge in [0.1, 0.15) is 6.54 Å². The highest BCUT2D eigenvalue weighted by Gasteiger charge is 2.34. The Labute approximate surface area is 154 Å². The highest BCUT2D eigenvalue weighted by Crippen LogP contribution is 2.36. The molecular formula is C16H13BrF3N3O3. The number of nitrogens with zero attached hydrogens (tertiary/aromatic N) is 1. The van der Waals surface area contributed by atoms with Gasteiger partial charge in [0.25, 0.3) is 5.56 Å². The van der Waals surface area contributed by atoms with Crippen LogP contribution in [0.1, 0.15) is 12.5 Å². The van der Waals surface area contributed by atoms with Crippen molar-refractivity contribution in [2.75, 3.05) is 10.6 Å². The molecule has 1 aromatic heterocycles. The van der Waals surface area contributed by atoms with Crippen molar-refractivity contribution in [2.24, 2.45) is 0 Å². The molecule has 0 spiro atoms. The third-order valence-corrected chi connectivity index (χ3v) is 3.65. The van der Waals surface area contributed by atoms with Crippen LogP contribution < -0.4 is 16.2 Å². The van der Waals surface area contributed by atoms with Gasteiger partial charge in [-0.25, -0.2) is 0 Å². The molecule has 0 saturated carbocycles. The average Bonchev–Trinajstić information content (AvgIpc) is 2.51. The van der Waals surface area contributed by atoms with Gasteiger partial charge in [-0.05, 0) is 40.2 Å². The fourth-order valence-corrected chi connectivity index (χ4v) is 2.52. The molecule has 0 fully saturated rings. The molecule has 2 amide bonds. The number of benzene rings is 1. The number of carbonyl (C=O) groups excluding carboxylic acids is 2. The molecule has 138 valence electrons. The summed E-state index contributed by atoms with van der Waals surface area (Å²) in [4.78, 5) is 34.7. The van der Waals surface area contributed by atoms with Gasteiger partial charge in [0, 0.05) is 29.3 Å². The topological polar surface area (TPSA) is 80.2 Å². The van der Waals surface area contributed by atoms with E-state index in [2.05, 4.69) is 26.6 Å². The van der Waals surface area contributed by atoms with Crippen LogP contribution in [-0.4, -0.2) is 16.4 Å². The van der Waals surface area contributed by atoms with Crippen molar-refractivity contribution in [3.8, 4) is 0 Å². The summed E-state index contributed by atoms with van der Waals surface area (Å²) in [5.41, 5.74) is -2.11. The Hall–Kier alpha value is -2.62. The third-order valence-electron chi connectivity index (χ3n) is 3.18. The standard InChI is InChI=1S/C16H13BrF3N3O3/c1-9(24)21-11-3-4-13(12(6-11)16(18,19)20)22-14(25)8-23-7-10(17)2-5-15(23)26/h2-7H,8H2,1H3,(H,21,24)(H,22,25). The van der Waals surface area contributed by atoms with E-state index in [0.29, 0.717) is 4.47 Å². The lowest BCUT2D eigenvalue weighted by Gasteiger charge is -2.16. The minimum atomic E-state index is -4.75. The summed E-state index contributed by atoms with van der Waals surface area (Å²) < 4.78 is 41.3. The second kappa shape index (κ2) is 7.73. The van der Waals surface area contributed by atoms with Crippen LogP contribution in [0.3, 0.4) is 0 Å². The predicted octanol–water partition coefficient (Wildman–Crippen LogP) is 3.23. The Kier molecular flexibility index (Phi) is 5.86. The van der Waals surface area contributed by atoms with Gasteiger partial charge in [0.15, 0.2) is 0 Å². The van der Waals surface area contributed by atoms with Crippen molar-refractivity contribution in [1.82, 2.24) is 4.57 Å². The number of amides is 2. The number of hydrogen-bond acceptors (Lipinski definition) is 3. The van der Waals surface area contributed by atoms with E-state index in [1.54, 1.807) is 0 Å². The first-order valence-corrected chi connectivity index (χ1v) is 8.00. The van der Waals surface area contributed by atoms with Crippen LogP contribution in [-0.2, 0) is 22.3 Å². The Balaban J connectivity index is 2.27. The second-order valence-corrected chi connectivity index (χ2v) is 6.22. The fourth-order valence-electron chi connectivity index (χ4n) is 2.14. The van der Waals surface area contributed by atoms with Crippen molar-refractivity contribution in [3.05, 3.63) is 56.9 Å². The number of carbonyl (C=O) groups is 2. The van der Waals surface area contributed by atoms with Crippen LogP contribution in [0, 0.1) is 0 Å². The summed E-state index contributed by atoms with van der Waals surface area (Å²) in [5.74, 6) is -1.33. The zero-order valence-corrected chi connectivity index (χ0v) is 14.9. The molecule has 0 bridgehead atoms. The average molecular weight is 432 g/mol. The monoisotopic (exact) mass is 431 g/mol. The maximum atomic E-state index is 13.2. The summed E-state index contributed by atoms with van der Waals surface area (Å²) in [7, 11) is 0. The number of aromatic nitrogens is 1. The van der Waals surface area contributed by atoms with E-state index in [1.165, 1.54) is 31.3 Å². The van der Waals surface area contributed by atoms with E-state index in [4.69, 9.17) is 0 Å². The van der Waals surface area contributed by atoms with Crippen LogP contribution in [0.5, 0.6) is 0 Å². The predicted molar refractivity (Wildman–Crippen MR) is 92.8 cm³/mol. The zero-order valence-electron chi connectivity index (χ0n) is 13.4. The summed E-state index contributed by atoms with van der Waals surface area (Å²) in [6.45, 7) is 0.710. The third kappa shape index (κ3) is 5.19. The minimum absolute atomic E-state index is 0.0500. The Morgan fingerprint density at radius 3 is 2.46 bits per heavy atom. The van der Waals surface area contributed by atoms with Gasteiger partial charge in [0.2, 0.25) is 11.8 Å². The molecule has 2 rings (SSSR count). The van der Waals surface area contributed by atoms with Gasteiger partial charge in [0.05, 0.1) is 11.3 Å². The SMILES string of the molecule is CC(=O)Nc1ccc(NC(=O)Cn2cc(Br)ccc2=O)c(C(F)(F)F)c1. The Morgan fingerprint density at radius 1 is 1.15 bits per heavy atom. The smallest absolute Gasteiger partial charge is 0.326 e. The molecule has 26 heavy (non-hydrogen) atoms. The van der Waals surface area contributed by atoms with E-state index >= 15 is 0 Å². The first-order chi connectivity index (χ1) is 12.1. The van der Waals surface area contributed by atoms with Crippen LogP contribution in [0.25, 0.3) is 0 Å². The fraction of sp³-hybridized carbons (Fsp3) is 0.188. The number of hydrogen-bond donors (Lipinski definition) is 2. The molecule has 0 atom stereocenters. The second-order valence-electron chi connectivity index (χ2n) is 5.30. The molecule has 0 aliphatic heterocycles. The molecular weight excluding hydrogens is 419 g/mol. The van der Waals surface area contributed by atoms with Crippen molar-refractivity contribution in [3.63, 3.8) is 0 Å². The van der Waals surface area contributed by atoms with Crippen LogP contribution in [0.15, 0.2) is 45.8 Å². The lowest BCUT2D eigenvalue weighted by molar-refractivity contribution is -0.137. The molecule has 2 N–H and O–H groups in total. The molecule has 0 aliphatic rings. The lowest BCUT2D eigenvalue weighted by atomic mass is 10.1. The molecule has 0 aliphatic carbocycles. The molecule has 0 saturated heterocycles. The van der Waals surface area contributed by atoms with Gasteiger partial charge >= 0.3 is 6.18 Å². The number of anilines is 2. The number of alkyl halides is 3. The van der Waals surface area contributed by atoms with Gasteiger partial charge in [-0.15, -0.1) is 0 Å². The minimum Gasteiger partial charge on any atom is -0.326 e. The molecule has 0 unspecified atom stereocenters. The maximum absolute atomic E-state index is 13.2. The highest BCUT2D eigenvalue weighted by molar-refractivity contribution is 9.10. The van der Waals surface area contributed by atoms with E-state index < -0.39 is 41.3 Å². The number of rotatable bonds is 4. The molecule has 10 heteroatoms. The van der Waals surface area contributed by atoms with Gasteiger partial charge in [-0.3, -0.25) is 14.4 Å². The van der Waals surface area contributed by atoms with E-state index in [1.807, 2.05) is 0 Å². The van der Waals surface area contributed by atoms with Crippen LogP contribution in [0.4, 0.5) is 24.5 Å². The molecule has 1 heterocycles. The zero-order chi connectivity index (χ0) is 19.5. The van der Waals surface area contributed by atoms with E-state index in [-0.39, 0.29) is 5.69 Å². The molecule has 0 radical (unpaired) electrons. The first kappa shape index (κ1) is 19.7. The Bertz CT molecular complexity index is 910. The largest absolute Gasteiger partial charge is 0.418 e. The lowest BCUT2D eigenvalue weighted by Crippen LogP contribution is -2.27. The number of halogens is 4. The quantitative estimate of drug-likeness (QED) is 0.779. The molecule has 6 nitrogen and oxygen atoms in total. The maximum Gasteiger partial charge on any atom is 0.418 e. The van der Waals surface area contributed by atoms with Gasteiger partial charge in [-0.2, -0.15) is 13.2 Å². The van der Waals surface area contributed by atoms with Crippen LogP contribution >= 0.6 is 15.9 Å². The number of pyridine rings is 1. The van der Waals surface area contributed by atoms with Crippen molar-refractivity contribution < 1.29 is 22.8 Å². The normalized spacial score (nSPS) is 11.1. The highest BCUT2D eigenvalue weighted by atomic mass is 79.9. The van der Waals surface area contributed by atoms with Gasteiger partial charge in [-0.1, -0.05) is 0 Å². The summed E-state index contributed by atoms with van der Waals surface area (Å²) in [6, 6.07) is 5.70. The first-order valence-electron chi connectivity index (χ1n) is 7.21. The van der Waals surface area contributed by atoms with Crippen molar-refractivity contribution in [2.45, 2.75) is 19.6 Å². The van der Waals surface area contributed by atoms with Gasteiger partial charge < -0.3 is 15.2 Å². The molecule has 1 aromatic carbocycles. The van der Waals surface area contributed by atoms with E-state index in [0.717, 1.165) is 16.7 Å².